The predicted molar refractivity (Wildman–Crippen MR) is 125 cm³/mol. The van der Waals surface area contributed by atoms with Gasteiger partial charge in [0.1, 0.15) is 17.6 Å². The smallest absolute Gasteiger partial charge is 0.252 e. The second kappa shape index (κ2) is 10.2. The molecule has 0 aromatic heterocycles. The molecule has 2 aromatic rings. The first-order valence-corrected chi connectivity index (χ1v) is 13.2. The quantitative estimate of drug-likeness (QED) is 0.429. The summed E-state index contributed by atoms with van der Waals surface area (Å²) in [5.74, 6) is -0.953. The van der Waals surface area contributed by atoms with Gasteiger partial charge in [-0.05, 0) is 68.3 Å². The van der Waals surface area contributed by atoms with Crippen LogP contribution in [0.4, 0.5) is 10.1 Å². The first-order chi connectivity index (χ1) is 16.3. The molecular formula is C25H29FN2O5S. The van der Waals surface area contributed by atoms with Crippen molar-refractivity contribution in [3.8, 4) is 5.75 Å². The van der Waals surface area contributed by atoms with Crippen LogP contribution in [0.1, 0.15) is 51.9 Å². The molecule has 2 aliphatic rings. The third-order valence-electron chi connectivity index (χ3n) is 6.41. The van der Waals surface area contributed by atoms with Crippen molar-refractivity contribution in [2.45, 2.75) is 68.8 Å². The van der Waals surface area contributed by atoms with Crippen LogP contribution < -0.4 is 9.64 Å². The van der Waals surface area contributed by atoms with Gasteiger partial charge in [0.05, 0.1) is 23.6 Å². The molecule has 1 unspecified atom stereocenters. The standard InChI is InChI=1S/C25H29FN2O5S/c1-2-33-21-13-11-19(12-14-21)27-24(29)17-23(25(27)30)28(20-7-5-3-4-6-8-20)34(31,32)22-15-9-18(26)10-16-22/h9-16,20,23H,2-8,17H2,1H3. The van der Waals surface area contributed by atoms with Gasteiger partial charge in [-0.2, -0.15) is 4.31 Å². The third-order valence-corrected chi connectivity index (χ3v) is 8.39. The highest BCUT2D eigenvalue weighted by atomic mass is 32.2. The highest BCUT2D eigenvalue weighted by Crippen LogP contribution is 2.35. The van der Waals surface area contributed by atoms with Crippen LogP contribution in [0, 0.1) is 5.82 Å². The van der Waals surface area contributed by atoms with Gasteiger partial charge >= 0.3 is 0 Å². The number of imide groups is 1. The van der Waals surface area contributed by atoms with Crippen LogP contribution in [-0.2, 0) is 19.6 Å². The zero-order valence-corrected chi connectivity index (χ0v) is 20.0. The minimum Gasteiger partial charge on any atom is -0.494 e. The van der Waals surface area contributed by atoms with Crippen LogP contribution in [0.3, 0.4) is 0 Å². The van der Waals surface area contributed by atoms with Crippen molar-refractivity contribution in [2.75, 3.05) is 11.5 Å². The maximum Gasteiger partial charge on any atom is 0.252 e. The second-order valence-corrected chi connectivity index (χ2v) is 10.5. The lowest BCUT2D eigenvalue weighted by Gasteiger charge is -2.33. The Morgan fingerprint density at radius 2 is 1.59 bits per heavy atom. The van der Waals surface area contributed by atoms with Crippen molar-refractivity contribution in [2.24, 2.45) is 0 Å². The number of halogens is 1. The van der Waals surface area contributed by atoms with Crippen LogP contribution in [0.25, 0.3) is 0 Å². The number of anilines is 1. The molecule has 1 saturated carbocycles. The Morgan fingerprint density at radius 1 is 0.971 bits per heavy atom. The van der Waals surface area contributed by atoms with E-state index in [0.717, 1.165) is 42.7 Å². The fourth-order valence-corrected chi connectivity index (χ4v) is 6.63. The molecule has 7 nitrogen and oxygen atoms in total. The van der Waals surface area contributed by atoms with Crippen LogP contribution in [-0.4, -0.2) is 43.2 Å². The van der Waals surface area contributed by atoms with Crippen molar-refractivity contribution >= 4 is 27.5 Å². The molecule has 0 spiro atoms. The van der Waals surface area contributed by atoms with Crippen molar-refractivity contribution < 1.29 is 27.1 Å². The number of hydrogen-bond donors (Lipinski definition) is 0. The fraction of sp³-hybridized carbons (Fsp3) is 0.440. The van der Waals surface area contributed by atoms with E-state index >= 15 is 0 Å². The van der Waals surface area contributed by atoms with Gasteiger partial charge in [0.15, 0.2) is 0 Å². The zero-order valence-electron chi connectivity index (χ0n) is 19.2. The largest absolute Gasteiger partial charge is 0.494 e. The summed E-state index contributed by atoms with van der Waals surface area (Å²) < 4.78 is 47.7. The van der Waals surface area contributed by atoms with Gasteiger partial charge in [-0.25, -0.2) is 17.7 Å². The Kier molecular flexibility index (Phi) is 7.33. The minimum absolute atomic E-state index is 0.0853. The highest BCUT2D eigenvalue weighted by Gasteiger charge is 2.49. The number of benzene rings is 2. The van der Waals surface area contributed by atoms with Gasteiger partial charge in [-0.1, -0.05) is 25.7 Å². The maximum absolute atomic E-state index is 13.8. The second-order valence-electron chi connectivity index (χ2n) is 8.65. The molecule has 182 valence electrons. The molecule has 1 aliphatic carbocycles. The Balaban J connectivity index is 1.70. The van der Waals surface area contributed by atoms with E-state index in [0.29, 0.717) is 30.9 Å². The van der Waals surface area contributed by atoms with Crippen molar-refractivity contribution in [3.63, 3.8) is 0 Å². The summed E-state index contributed by atoms with van der Waals surface area (Å²) in [6.07, 6.45) is 4.68. The Labute approximate surface area is 199 Å². The molecule has 2 amide bonds. The lowest BCUT2D eigenvalue weighted by molar-refractivity contribution is -0.122. The first-order valence-electron chi connectivity index (χ1n) is 11.7. The van der Waals surface area contributed by atoms with Crippen molar-refractivity contribution in [1.29, 1.82) is 0 Å². The molecule has 34 heavy (non-hydrogen) atoms. The van der Waals surface area contributed by atoms with Gasteiger partial charge in [-0.15, -0.1) is 0 Å². The lowest BCUT2D eigenvalue weighted by Crippen LogP contribution is -2.50. The van der Waals surface area contributed by atoms with E-state index in [1.165, 1.54) is 16.4 Å². The number of amides is 2. The topological polar surface area (TPSA) is 84.0 Å². The van der Waals surface area contributed by atoms with E-state index in [-0.39, 0.29) is 11.3 Å². The molecule has 0 N–H and O–H groups in total. The number of hydrogen-bond acceptors (Lipinski definition) is 5. The van der Waals surface area contributed by atoms with Crippen LogP contribution in [0.2, 0.25) is 0 Å². The van der Waals surface area contributed by atoms with Gasteiger partial charge < -0.3 is 4.74 Å². The summed E-state index contributed by atoms with van der Waals surface area (Å²) in [7, 11) is -4.15. The number of sulfonamides is 1. The molecule has 1 saturated heterocycles. The fourth-order valence-electron chi connectivity index (χ4n) is 4.80. The van der Waals surface area contributed by atoms with Crippen LogP contribution in [0.15, 0.2) is 53.4 Å². The molecule has 0 radical (unpaired) electrons. The summed E-state index contributed by atoms with van der Waals surface area (Å²) in [4.78, 5) is 27.5. The highest BCUT2D eigenvalue weighted by molar-refractivity contribution is 7.89. The van der Waals surface area contributed by atoms with E-state index in [9.17, 15) is 22.4 Å². The lowest BCUT2D eigenvalue weighted by atomic mass is 10.1. The molecule has 0 bridgehead atoms. The number of nitrogens with zero attached hydrogens (tertiary/aromatic N) is 2. The van der Waals surface area contributed by atoms with Crippen molar-refractivity contribution in [3.05, 3.63) is 54.3 Å². The number of carbonyl (C=O) groups excluding carboxylic acids is 2. The Morgan fingerprint density at radius 3 is 2.18 bits per heavy atom. The molecular weight excluding hydrogens is 459 g/mol. The molecule has 1 aliphatic heterocycles. The number of carbonyl (C=O) groups is 2. The van der Waals surface area contributed by atoms with Gasteiger partial charge in [0, 0.05) is 6.04 Å². The van der Waals surface area contributed by atoms with Crippen molar-refractivity contribution in [1.82, 2.24) is 4.31 Å². The molecule has 1 heterocycles. The molecule has 4 rings (SSSR count). The first kappa shape index (κ1) is 24.3. The SMILES string of the molecule is CCOc1ccc(N2C(=O)CC(N(C3CCCCCC3)S(=O)(=O)c3ccc(F)cc3)C2=O)cc1. The minimum atomic E-state index is -4.15. The zero-order chi connectivity index (χ0) is 24.3. The predicted octanol–water partition coefficient (Wildman–Crippen LogP) is 4.27. The number of rotatable bonds is 7. The summed E-state index contributed by atoms with van der Waals surface area (Å²) in [6.45, 7) is 2.34. The molecule has 2 fully saturated rings. The molecule has 2 aromatic carbocycles. The monoisotopic (exact) mass is 488 g/mol. The Hall–Kier alpha value is -2.78. The van der Waals surface area contributed by atoms with E-state index in [1.807, 2.05) is 6.92 Å². The summed E-state index contributed by atoms with van der Waals surface area (Å²) >= 11 is 0. The Bertz CT molecular complexity index is 1130. The average molecular weight is 489 g/mol. The average Bonchev–Trinajstić information content (AvgIpc) is 2.97. The third kappa shape index (κ3) is 4.86. The van der Waals surface area contributed by atoms with E-state index < -0.39 is 39.7 Å². The summed E-state index contributed by atoms with van der Waals surface area (Å²) in [5.41, 5.74) is 0.376. The summed E-state index contributed by atoms with van der Waals surface area (Å²) in [5, 5.41) is 0. The van der Waals surface area contributed by atoms with Gasteiger partial charge in [0.25, 0.3) is 5.91 Å². The van der Waals surface area contributed by atoms with E-state index in [4.69, 9.17) is 4.74 Å². The summed E-state index contributed by atoms with van der Waals surface area (Å²) in [6, 6.07) is 9.63. The molecule has 9 heteroatoms. The van der Waals surface area contributed by atoms with Gasteiger partial charge in [-0.3, -0.25) is 9.59 Å². The van der Waals surface area contributed by atoms with Gasteiger partial charge in [0.2, 0.25) is 15.9 Å². The van der Waals surface area contributed by atoms with Crippen LogP contribution in [0.5, 0.6) is 5.75 Å². The normalized spacial score (nSPS) is 20.1. The maximum atomic E-state index is 13.8. The van der Waals surface area contributed by atoms with E-state index in [2.05, 4.69) is 0 Å². The van der Waals surface area contributed by atoms with E-state index in [1.54, 1.807) is 24.3 Å². The molecule has 1 atom stereocenters. The number of ether oxygens (including phenoxy) is 1. The van der Waals surface area contributed by atoms with Crippen LogP contribution >= 0.6 is 0 Å².